The van der Waals surface area contributed by atoms with Crippen LogP contribution in [0.5, 0.6) is 0 Å². The lowest BCUT2D eigenvalue weighted by Gasteiger charge is -2.11. The van der Waals surface area contributed by atoms with Crippen molar-refractivity contribution in [2.75, 3.05) is 6.54 Å². The van der Waals surface area contributed by atoms with Gasteiger partial charge in [-0.1, -0.05) is 34.1 Å². The van der Waals surface area contributed by atoms with Gasteiger partial charge in [-0.2, -0.15) is 0 Å². The van der Waals surface area contributed by atoms with Gasteiger partial charge in [0.1, 0.15) is 0 Å². The summed E-state index contributed by atoms with van der Waals surface area (Å²) in [6, 6.07) is 6.46. The van der Waals surface area contributed by atoms with Gasteiger partial charge in [0.2, 0.25) is 0 Å². The lowest BCUT2D eigenvalue weighted by Crippen LogP contribution is -2.14. The highest BCUT2D eigenvalue weighted by Gasteiger charge is 2.05. The smallest absolute Gasteiger partial charge is 0.0271 e. The molecule has 14 heavy (non-hydrogen) atoms. The minimum absolute atomic E-state index is 0.446. The summed E-state index contributed by atoms with van der Waals surface area (Å²) >= 11 is 3.56. The van der Waals surface area contributed by atoms with E-state index in [9.17, 15) is 0 Å². The van der Waals surface area contributed by atoms with Crippen molar-refractivity contribution < 1.29 is 0 Å². The minimum atomic E-state index is 0.446. The maximum Gasteiger partial charge on any atom is 0.0271 e. The van der Waals surface area contributed by atoms with Gasteiger partial charge in [-0.05, 0) is 43.4 Å². The Balaban J connectivity index is 2.66. The highest BCUT2D eigenvalue weighted by molar-refractivity contribution is 9.09. The predicted molar refractivity (Wildman–Crippen MR) is 66.0 cm³/mol. The molecule has 0 fully saturated rings. The Labute approximate surface area is 94.8 Å². The van der Waals surface area contributed by atoms with Crippen molar-refractivity contribution in [2.45, 2.75) is 31.5 Å². The van der Waals surface area contributed by atoms with Crippen LogP contribution in [0.15, 0.2) is 18.2 Å². The van der Waals surface area contributed by atoms with Gasteiger partial charge < -0.3 is 5.73 Å². The van der Waals surface area contributed by atoms with Crippen LogP contribution in [-0.4, -0.2) is 11.4 Å². The van der Waals surface area contributed by atoms with E-state index in [-0.39, 0.29) is 0 Å². The first kappa shape index (κ1) is 11.7. The number of hydrogen-bond acceptors (Lipinski definition) is 1. The maximum absolute atomic E-state index is 5.57. The first-order valence-corrected chi connectivity index (χ1v) is 5.96. The molecule has 1 unspecified atom stereocenters. The van der Waals surface area contributed by atoms with Crippen LogP contribution in [0.4, 0.5) is 0 Å². The molecule has 78 valence electrons. The molecule has 0 aliphatic carbocycles. The predicted octanol–water partition coefficient (Wildman–Crippen LogP) is 2.96. The van der Waals surface area contributed by atoms with Gasteiger partial charge in [0.15, 0.2) is 0 Å². The Morgan fingerprint density at radius 3 is 2.36 bits per heavy atom. The monoisotopic (exact) mass is 255 g/mol. The third-order valence-electron chi connectivity index (χ3n) is 2.61. The number of halogens is 1. The summed E-state index contributed by atoms with van der Waals surface area (Å²) in [5, 5.41) is 0. The van der Waals surface area contributed by atoms with Crippen LogP contribution in [0.25, 0.3) is 0 Å². The molecule has 0 saturated carbocycles. The van der Waals surface area contributed by atoms with Crippen LogP contribution in [-0.2, 0) is 6.42 Å². The fourth-order valence-electron chi connectivity index (χ4n) is 1.66. The maximum atomic E-state index is 5.57. The Morgan fingerprint density at radius 1 is 1.29 bits per heavy atom. The first-order valence-electron chi connectivity index (χ1n) is 5.04. The van der Waals surface area contributed by atoms with Crippen molar-refractivity contribution in [3.05, 3.63) is 34.9 Å². The van der Waals surface area contributed by atoms with E-state index >= 15 is 0 Å². The van der Waals surface area contributed by atoms with Gasteiger partial charge in [-0.25, -0.2) is 0 Å². The van der Waals surface area contributed by atoms with E-state index in [2.05, 4.69) is 48.0 Å². The second-order valence-corrected chi connectivity index (χ2v) is 5.04. The van der Waals surface area contributed by atoms with Gasteiger partial charge in [-0.15, -0.1) is 0 Å². The zero-order chi connectivity index (χ0) is 10.6. The molecular weight excluding hydrogens is 238 g/mol. The Kier molecular flexibility index (Phi) is 4.63. The fraction of sp³-hybridized carbons (Fsp3) is 0.500. The third-order valence-corrected chi connectivity index (χ3v) is 3.44. The van der Waals surface area contributed by atoms with Crippen molar-refractivity contribution >= 4 is 15.9 Å². The van der Waals surface area contributed by atoms with Crippen LogP contribution in [0.2, 0.25) is 0 Å². The number of benzene rings is 1. The first-order chi connectivity index (χ1) is 6.65. The van der Waals surface area contributed by atoms with Crippen LogP contribution in [0.1, 0.15) is 23.1 Å². The Morgan fingerprint density at radius 2 is 1.86 bits per heavy atom. The van der Waals surface area contributed by atoms with Crippen molar-refractivity contribution in [3.63, 3.8) is 0 Å². The molecule has 1 atom stereocenters. The summed E-state index contributed by atoms with van der Waals surface area (Å²) in [4.78, 5) is 0.446. The van der Waals surface area contributed by atoms with E-state index < -0.39 is 0 Å². The standard InChI is InChI=1S/C12H18BrN/c1-9-4-3-5-10(2)12(9)7-6-11(13)8-14/h3-5,11H,6-8,14H2,1-2H3. The van der Waals surface area contributed by atoms with Gasteiger partial charge in [0.05, 0.1) is 0 Å². The molecular formula is C12H18BrN. The average Bonchev–Trinajstić information content (AvgIpc) is 2.16. The summed E-state index contributed by atoms with van der Waals surface area (Å²) in [5.41, 5.74) is 9.82. The summed E-state index contributed by atoms with van der Waals surface area (Å²) in [5.74, 6) is 0. The summed E-state index contributed by atoms with van der Waals surface area (Å²) in [6.45, 7) is 5.06. The van der Waals surface area contributed by atoms with E-state index in [0.29, 0.717) is 11.4 Å². The van der Waals surface area contributed by atoms with Gasteiger partial charge >= 0.3 is 0 Å². The summed E-state index contributed by atoms with van der Waals surface area (Å²) in [6.07, 6.45) is 2.23. The number of aryl methyl sites for hydroxylation is 2. The molecule has 0 radical (unpaired) electrons. The number of alkyl halides is 1. The zero-order valence-corrected chi connectivity index (χ0v) is 10.5. The fourth-order valence-corrected chi connectivity index (χ4v) is 1.89. The number of hydrogen-bond donors (Lipinski definition) is 1. The van der Waals surface area contributed by atoms with E-state index in [0.717, 1.165) is 12.8 Å². The van der Waals surface area contributed by atoms with Gasteiger partial charge in [0.25, 0.3) is 0 Å². The van der Waals surface area contributed by atoms with Crippen molar-refractivity contribution in [3.8, 4) is 0 Å². The highest BCUT2D eigenvalue weighted by atomic mass is 79.9. The largest absolute Gasteiger partial charge is 0.329 e. The minimum Gasteiger partial charge on any atom is -0.329 e. The van der Waals surface area contributed by atoms with Crippen LogP contribution in [0.3, 0.4) is 0 Å². The molecule has 0 heterocycles. The molecule has 0 aliphatic rings. The molecule has 1 aromatic rings. The lowest BCUT2D eigenvalue weighted by atomic mass is 9.98. The molecule has 2 N–H and O–H groups in total. The second-order valence-electron chi connectivity index (χ2n) is 3.74. The quantitative estimate of drug-likeness (QED) is 0.823. The molecule has 0 amide bonds. The molecule has 1 rings (SSSR count). The van der Waals surface area contributed by atoms with Crippen molar-refractivity contribution in [1.29, 1.82) is 0 Å². The average molecular weight is 256 g/mol. The van der Waals surface area contributed by atoms with Crippen LogP contribution < -0.4 is 5.73 Å². The topological polar surface area (TPSA) is 26.0 Å². The van der Waals surface area contributed by atoms with E-state index in [4.69, 9.17) is 5.73 Å². The SMILES string of the molecule is Cc1cccc(C)c1CCC(Br)CN. The van der Waals surface area contributed by atoms with Crippen LogP contribution in [0, 0.1) is 13.8 Å². The van der Waals surface area contributed by atoms with Crippen molar-refractivity contribution in [1.82, 2.24) is 0 Å². The molecule has 2 heteroatoms. The molecule has 0 aromatic heterocycles. The Hall–Kier alpha value is -0.340. The third kappa shape index (κ3) is 3.10. The lowest BCUT2D eigenvalue weighted by molar-refractivity contribution is 0.767. The normalized spacial score (nSPS) is 12.9. The molecule has 0 saturated heterocycles. The van der Waals surface area contributed by atoms with Gasteiger partial charge in [0, 0.05) is 11.4 Å². The summed E-state index contributed by atoms with van der Waals surface area (Å²) < 4.78 is 0. The van der Waals surface area contributed by atoms with E-state index in [1.54, 1.807) is 0 Å². The van der Waals surface area contributed by atoms with E-state index in [1.807, 2.05) is 0 Å². The molecule has 0 spiro atoms. The molecule has 1 nitrogen and oxygen atoms in total. The Bertz CT molecular complexity index is 276. The number of nitrogens with two attached hydrogens (primary N) is 1. The molecule has 0 aliphatic heterocycles. The molecule has 1 aromatic carbocycles. The van der Waals surface area contributed by atoms with E-state index in [1.165, 1.54) is 16.7 Å². The van der Waals surface area contributed by atoms with Gasteiger partial charge in [-0.3, -0.25) is 0 Å². The number of rotatable bonds is 4. The molecule has 0 bridgehead atoms. The highest BCUT2D eigenvalue weighted by Crippen LogP contribution is 2.17. The summed E-state index contributed by atoms with van der Waals surface area (Å²) in [7, 11) is 0. The second kappa shape index (κ2) is 5.52. The zero-order valence-electron chi connectivity index (χ0n) is 8.89. The van der Waals surface area contributed by atoms with Crippen LogP contribution >= 0.6 is 15.9 Å². The van der Waals surface area contributed by atoms with Crippen molar-refractivity contribution in [2.24, 2.45) is 5.73 Å².